The maximum atomic E-state index is 11.6. The molecule has 5 nitrogen and oxygen atoms in total. The maximum absolute atomic E-state index is 11.6. The van der Waals surface area contributed by atoms with Crippen molar-refractivity contribution in [1.29, 1.82) is 0 Å². The normalized spacial score (nSPS) is 10.7. The van der Waals surface area contributed by atoms with Crippen LogP contribution >= 0.6 is 0 Å². The lowest BCUT2D eigenvalue weighted by Gasteiger charge is -2.05. The molecule has 96 valence electrons. The molecule has 0 saturated heterocycles. The number of benzene rings is 1. The highest BCUT2D eigenvalue weighted by Crippen LogP contribution is 2.11. The molecule has 0 radical (unpaired) electrons. The number of nitrogens with two attached hydrogens (primary N) is 1. The summed E-state index contributed by atoms with van der Waals surface area (Å²) in [5.74, 6) is 0.0567. The van der Waals surface area contributed by atoms with Crippen molar-refractivity contribution in [3.05, 3.63) is 30.6 Å². The minimum atomic E-state index is 0.0567. The van der Waals surface area contributed by atoms with E-state index in [9.17, 15) is 4.79 Å². The van der Waals surface area contributed by atoms with Crippen LogP contribution in [-0.2, 0) is 11.3 Å². The molecular formula is C13H18N4O. The first kappa shape index (κ1) is 12.6. The van der Waals surface area contributed by atoms with Crippen LogP contribution in [0, 0.1) is 0 Å². The van der Waals surface area contributed by atoms with Gasteiger partial charge in [0.2, 0.25) is 5.91 Å². The minimum Gasteiger partial charge on any atom is -0.356 e. The third-order valence-electron chi connectivity index (χ3n) is 2.81. The molecule has 1 heterocycles. The Morgan fingerprint density at radius 3 is 3.06 bits per heavy atom. The summed E-state index contributed by atoms with van der Waals surface area (Å²) >= 11 is 0. The summed E-state index contributed by atoms with van der Waals surface area (Å²) in [5, 5.41) is 2.84. The standard InChI is InChI=1S/C13H18N4O/c14-7-3-8-15-13(18)6-9-17-10-16-11-4-1-2-5-12(11)17/h1-2,4-5,10H,3,6-9,14H2,(H,15,18). The van der Waals surface area contributed by atoms with Crippen LogP contribution in [0.25, 0.3) is 11.0 Å². The van der Waals surface area contributed by atoms with E-state index in [1.165, 1.54) is 0 Å². The van der Waals surface area contributed by atoms with Crippen LogP contribution in [0.15, 0.2) is 30.6 Å². The van der Waals surface area contributed by atoms with Crippen molar-refractivity contribution in [3.63, 3.8) is 0 Å². The second-order valence-corrected chi connectivity index (χ2v) is 4.17. The molecule has 3 N–H and O–H groups in total. The molecule has 0 aliphatic rings. The van der Waals surface area contributed by atoms with Gasteiger partial charge in [-0.15, -0.1) is 0 Å². The van der Waals surface area contributed by atoms with Gasteiger partial charge in [-0.05, 0) is 25.1 Å². The van der Waals surface area contributed by atoms with E-state index in [0.29, 0.717) is 26.1 Å². The van der Waals surface area contributed by atoms with Gasteiger partial charge in [0.1, 0.15) is 0 Å². The van der Waals surface area contributed by atoms with E-state index >= 15 is 0 Å². The molecule has 2 aromatic rings. The predicted octanol–water partition coefficient (Wildman–Crippen LogP) is 0.891. The van der Waals surface area contributed by atoms with Crippen LogP contribution in [-0.4, -0.2) is 28.5 Å². The smallest absolute Gasteiger partial charge is 0.221 e. The monoisotopic (exact) mass is 246 g/mol. The lowest BCUT2D eigenvalue weighted by Crippen LogP contribution is -2.26. The number of aryl methyl sites for hydroxylation is 1. The Morgan fingerprint density at radius 1 is 1.39 bits per heavy atom. The third-order valence-corrected chi connectivity index (χ3v) is 2.81. The topological polar surface area (TPSA) is 72.9 Å². The van der Waals surface area contributed by atoms with Crippen molar-refractivity contribution in [2.75, 3.05) is 13.1 Å². The van der Waals surface area contributed by atoms with Gasteiger partial charge in [-0.25, -0.2) is 4.98 Å². The van der Waals surface area contributed by atoms with E-state index in [1.54, 1.807) is 6.33 Å². The molecule has 18 heavy (non-hydrogen) atoms. The Bertz CT molecular complexity index is 520. The summed E-state index contributed by atoms with van der Waals surface area (Å²) in [4.78, 5) is 15.9. The Balaban J connectivity index is 1.88. The molecule has 0 saturated carbocycles. The number of amides is 1. The number of carbonyl (C=O) groups excluding carboxylic acids is 1. The van der Waals surface area contributed by atoms with Gasteiger partial charge in [0.25, 0.3) is 0 Å². The van der Waals surface area contributed by atoms with Gasteiger partial charge in [-0.3, -0.25) is 4.79 Å². The SMILES string of the molecule is NCCCNC(=O)CCn1cnc2ccccc21. The second-order valence-electron chi connectivity index (χ2n) is 4.17. The number of hydrogen-bond donors (Lipinski definition) is 2. The lowest BCUT2D eigenvalue weighted by atomic mass is 10.3. The number of carbonyl (C=O) groups is 1. The number of para-hydroxylation sites is 2. The fourth-order valence-corrected chi connectivity index (χ4v) is 1.83. The first-order chi connectivity index (χ1) is 8.81. The van der Waals surface area contributed by atoms with Gasteiger partial charge in [-0.2, -0.15) is 0 Å². The molecule has 1 amide bonds. The number of rotatable bonds is 6. The number of aromatic nitrogens is 2. The Kier molecular flexibility index (Phi) is 4.30. The van der Waals surface area contributed by atoms with Crippen molar-refractivity contribution in [2.45, 2.75) is 19.4 Å². The molecular weight excluding hydrogens is 228 g/mol. The summed E-state index contributed by atoms with van der Waals surface area (Å²) < 4.78 is 2.00. The molecule has 0 atom stereocenters. The highest BCUT2D eigenvalue weighted by molar-refractivity contribution is 5.77. The average molecular weight is 246 g/mol. The Morgan fingerprint density at radius 2 is 2.22 bits per heavy atom. The predicted molar refractivity (Wildman–Crippen MR) is 71.0 cm³/mol. The number of hydrogen-bond acceptors (Lipinski definition) is 3. The molecule has 0 aliphatic heterocycles. The van der Waals surface area contributed by atoms with Gasteiger partial charge in [0.05, 0.1) is 17.4 Å². The first-order valence-corrected chi connectivity index (χ1v) is 6.18. The van der Waals surface area contributed by atoms with Crippen molar-refractivity contribution >= 4 is 16.9 Å². The molecule has 0 unspecified atom stereocenters. The number of nitrogens with zero attached hydrogens (tertiary/aromatic N) is 2. The summed E-state index contributed by atoms with van der Waals surface area (Å²) in [6.45, 7) is 1.90. The van der Waals surface area contributed by atoms with Crippen LogP contribution in [0.1, 0.15) is 12.8 Å². The number of imidazole rings is 1. The van der Waals surface area contributed by atoms with E-state index in [2.05, 4.69) is 10.3 Å². The molecule has 0 bridgehead atoms. The van der Waals surface area contributed by atoms with Crippen molar-refractivity contribution in [2.24, 2.45) is 5.73 Å². The van der Waals surface area contributed by atoms with Crippen LogP contribution in [0.5, 0.6) is 0 Å². The van der Waals surface area contributed by atoms with Crippen molar-refractivity contribution in [1.82, 2.24) is 14.9 Å². The highest BCUT2D eigenvalue weighted by atomic mass is 16.1. The van der Waals surface area contributed by atoms with Crippen molar-refractivity contribution in [3.8, 4) is 0 Å². The van der Waals surface area contributed by atoms with E-state index < -0.39 is 0 Å². The van der Waals surface area contributed by atoms with Crippen LogP contribution in [0.3, 0.4) is 0 Å². The second kappa shape index (κ2) is 6.16. The summed E-state index contributed by atoms with van der Waals surface area (Å²) in [6, 6.07) is 7.91. The lowest BCUT2D eigenvalue weighted by molar-refractivity contribution is -0.121. The average Bonchev–Trinajstić information content (AvgIpc) is 2.80. The zero-order valence-corrected chi connectivity index (χ0v) is 10.3. The Hall–Kier alpha value is -1.88. The fraction of sp³-hybridized carbons (Fsp3) is 0.385. The van der Waals surface area contributed by atoms with E-state index in [0.717, 1.165) is 17.5 Å². The third kappa shape index (κ3) is 3.07. The quantitative estimate of drug-likeness (QED) is 0.743. The molecule has 0 fully saturated rings. The van der Waals surface area contributed by atoms with Crippen LogP contribution < -0.4 is 11.1 Å². The Labute approximate surface area is 106 Å². The highest BCUT2D eigenvalue weighted by Gasteiger charge is 2.04. The van der Waals surface area contributed by atoms with E-state index in [-0.39, 0.29) is 5.91 Å². The fourth-order valence-electron chi connectivity index (χ4n) is 1.83. The van der Waals surface area contributed by atoms with E-state index in [4.69, 9.17) is 5.73 Å². The number of fused-ring (bicyclic) bond motifs is 1. The van der Waals surface area contributed by atoms with Gasteiger partial charge in [0.15, 0.2) is 0 Å². The minimum absolute atomic E-state index is 0.0567. The van der Waals surface area contributed by atoms with Gasteiger partial charge < -0.3 is 15.6 Å². The van der Waals surface area contributed by atoms with Crippen LogP contribution in [0.4, 0.5) is 0 Å². The maximum Gasteiger partial charge on any atom is 0.221 e. The zero-order valence-electron chi connectivity index (χ0n) is 10.3. The summed E-state index contributed by atoms with van der Waals surface area (Å²) in [6.07, 6.45) is 3.06. The molecule has 2 rings (SSSR count). The van der Waals surface area contributed by atoms with Crippen molar-refractivity contribution < 1.29 is 4.79 Å². The molecule has 5 heteroatoms. The number of nitrogens with one attached hydrogen (secondary N) is 1. The van der Waals surface area contributed by atoms with Crippen LogP contribution in [0.2, 0.25) is 0 Å². The first-order valence-electron chi connectivity index (χ1n) is 6.18. The molecule has 1 aromatic heterocycles. The van der Waals surface area contributed by atoms with Gasteiger partial charge in [0, 0.05) is 19.5 Å². The largest absolute Gasteiger partial charge is 0.356 e. The van der Waals surface area contributed by atoms with Gasteiger partial charge >= 0.3 is 0 Å². The summed E-state index contributed by atoms with van der Waals surface area (Å²) in [7, 11) is 0. The summed E-state index contributed by atoms with van der Waals surface area (Å²) in [5.41, 5.74) is 7.39. The molecule has 0 aliphatic carbocycles. The molecule has 0 spiro atoms. The van der Waals surface area contributed by atoms with Gasteiger partial charge in [-0.1, -0.05) is 12.1 Å². The molecule has 1 aromatic carbocycles. The zero-order chi connectivity index (χ0) is 12.8. The van der Waals surface area contributed by atoms with E-state index in [1.807, 2.05) is 28.8 Å².